The van der Waals surface area contributed by atoms with Gasteiger partial charge in [-0.2, -0.15) is 0 Å². The first-order chi connectivity index (χ1) is 14.6. The van der Waals surface area contributed by atoms with Crippen molar-refractivity contribution in [1.82, 2.24) is 15.6 Å². The first kappa shape index (κ1) is 21.1. The van der Waals surface area contributed by atoms with Crippen LogP contribution in [0.2, 0.25) is 0 Å². The minimum atomic E-state index is -0.114. The van der Waals surface area contributed by atoms with Gasteiger partial charge in [0, 0.05) is 12.7 Å². The SMILES string of the molecule is Cc1ccc(N=C2NC(=O)/C(=C/c3cnc(NCCCC4CCNC4)s3)S2)c(C)c1. The summed E-state index contributed by atoms with van der Waals surface area (Å²) in [5.74, 6) is 0.706. The monoisotopic (exact) mass is 441 g/mol. The highest BCUT2D eigenvalue weighted by Gasteiger charge is 2.24. The van der Waals surface area contributed by atoms with Crippen LogP contribution < -0.4 is 16.0 Å². The van der Waals surface area contributed by atoms with Gasteiger partial charge in [-0.05, 0) is 81.6 Å². The highest BCUT2D eigenvalue weighted by atomic mass is 32.2. The quantitative estimate of drug-likeness (QED) is 0.437. The van der Waals surface area contributed by atoms with Crippen molar-refractivity contribution in [3.63, 3.8) is 0 Å². The molecule has 0 radical (unpaired) electrons. The Kier molecular flexibility index (Phi) is 6.86. The number of nitrogens with zero attached hydrogens (tertiary/aromatic N) is 2. The average molecular weight is 442 g/mol. The van der Waals surface area contributed by atoms with Gasteiger partial charge in [0.05, 0.1) is 15.5 Å². The summed E-state index contributed by atoms with van der Waals surface area (Å²) < 4.78 is 0. The van der Waals surface area contributed by atoms with E-state index in [0.29, 0.717) is 10.1 Å². The number of carbonyl (C=O) groups is 1. The van der Waals surface area contributed by atoms with Gasteiger partial charge in [0.15, 0.2) is 10.3 Å². The van der Waals surface area contributed by atoms with Gasteiger partial charge in [0.1, 0.15) is 0 Å². The summed E-state index contributed by atoms with van der Waals surface area (Å²) in [4.78, 5) is 23.0. The number of aliphatic imine (C=N–C) groups is 1. The fourth-order valence-electron chi connectivity index (χ4n) is 3.63. The van der Waals surface area contributed by atoms with Crippen molar-refractivity contribution in [3.05, 3.63) is 45.3 Å². The molecule has 1 aromatic heterocycles. The van der Waals surface area contributed by atoms with E-state index in [4.69, 9.17) is 0 Å². The third-order valence-corrected chi connectivity index (χ3v) is 7.06. The van der Waals surface area contributed by atoms with E-state index in [9.17, 15) is 4.79 Å². The number of nitrogens with one attached hydrogen (secondary N) is 3. The van der Waals surface area contributed by atoms with Crippen molar-refractivity contribution in [1.29, 1.82) is 0 Å². The van der Waals surface area contributed by atoms with E-state index in [0.717, 1.165) is 53.2 Å². The summed E-state index contributed by atoms with van der Waals surface area (Å²) >= 11 is 2.94. The maximum absolute atomic E-state index is 12.3. The topological polar surface area (TPSA) is 78.4 Å². The Morgan fingerprint density at radius 1 is 1.37 bits per heavy atom. The summed E-state index contributed by atoms with van der Waals surface area (Å²) in [6.45, 7) is 7.33. The molecular formula is C22H27N5OS2. The van der Waals surface area contributed by atoms with Gasteiger partial charge in [-0.3, -0.25) is 4.79 Å². The van der Waals surface area contributed by atoms with Gasteiger partial charge in [0.2, 0.25) is 0 Å². The number of aryl methyl sites for hydroxylation is 2. The predicted octanol–water partition coefficient (Wildman–Crippen LogP) is 4.45. The molecule has 2 saturated heterocycles. The molecule has 0 aliphatic carbocycles. The Hall–Kier alpha value is -2.16. The molecule has 1 amide bonds. The van der Waals surface area contributed by atoms with Crippen molar-refractivity contribution >= 4 is 51.1 Å². The van der Waals surface area contributed by atoms with Crippen molar-refractivity contribution in [2.45, 2.75) is 33.1 Å². The van der Waals surface area contributed by atoms with Crippen LogP contribution in [0.25, 0.3) is 6.08 Å². The number of aromatic nitrogens is 1. The summed E-state index contributed by atoms with van der Waals surface area (Å²) in [5.41, 5.74) is 3.17. The highest BCUT2D eigenvalue weighted by molar-refractivity contribution is 8.18. The van der Waals surface area contributed by atoms with Gasteiger partial charge in [-0.15, -0.1) is 0 Å². The molecule has 2 aromatic rings. The highest BCUT2D eigenvalue weighted by Crippen LogP contribution is 2.31. The normalized spacial score (nSPS) is 21.5. The van der Waals surface area contributed by atoms with E-state index in [1.807, 2.05) is 31.3 Å². The smallest absolute Gasteiger partial charge is 0.264 e. The molecule has 8 heteroatoms. The van der Waals surface area contributed by atoms with Crippen LogP contribution in [0.5, 0.6) is 0 Å². The van der Waals surface area contributed by atoms with E-state index in [1.54, 1.807) is 11.3 Å². The van der Waals surface area contributed by atoms with E-state index in [-0.39, 0.29) is 5.91 Å². The summed E-state index contributed by atoms with van der Waals surface area (Å²) in [6, 6.07) is 6.10. The van der Waals surface area contributed by atoms with Gasteiger partial charge in [0.25, 0.3) is 5.91 Å². The minimum absolute atomic E-state index is 0.114. The van der Waals surface area contributed by atoms with Gasteiger partial charge in [-0.1, -0.05) is 29.0 Å². The fraction of sp³-hybridized carbons (Fsp3) is 0.409. The molecule has 1 atom stereocenters. The lowest BCUT2D eigenvalue weighted by atomic mass is 10.0. The van der Waals surface area contributed by atoms with Crippen LogP contribution in [0.4, 0.5) is 10.8 Å². The van der Waals surface area contributed by atoms with Crippen LogP contribution >= 0.6 is 23.1 Å². The zero-order valence-corrected chi connectivity index (χ0v) is 19.0. The lowest BCUT2D eigenvalue weighted by molar-refractivity contribution is -0.115. The molecule has 2 fully saturated rings. The van der Waals surface area contributed by atoms with Gasteiger partial charge < -0.3 is 16.0 Å². The third-order valence-electron chi connectivity index (χ3n) is 5.25. The number of amidine groups is 1. The number of carbonyl (C=O) groups excluding carboxylic acids is 1. The molecular weight excluding hydrogens is 414 g/mol. The van der Waals surface area contributed by atoms with Crippen molar-refractivity contribution in [3.8, 4) is 0 Å². The van der Waals surface area contributed by atoms with E-state index >= 15 is 0 Å². The number of benzene rings is 1. The molecule has 3 N–H and O–H groups in total. The summed E-state index contributed by atoms with van der Waals surface area (Å²) in [6.07, 6.45) is 7.40. The molecule has 0 bridgehead atoms. The van der Waals surface area contributed by atoms with E-state index < -0.39 is 0 Å². The van der Waals surface area contributed by atoms with Crippen LogP contribution in [0.3, 0.4) is 0 Å². The molecule has 0 spiro atoms. The average Bonchev–Trinajstić information content (AvgIpc) is 3.45. The lowest BCUT2D eigenvalue weighted by Gasteiger charge is -2.07. The second kappa shape index (κ2) is 9.76. The van der Waals surface area contributed by atoms with Crippen LogP contribution in [0.15, 0.2) is 34.3 Å². The molecule has 1 unspecified atom stereocenters. The minimum Gasteiger partial charge on any atom is -0.362 e. The molecule has 2 aliphatic rings. The van der Waals surface area contributed by atoms with Gasteiger partial charge in [-0.25, -0.2) is 9.98 Å². The number of thiazole rings is 1. The molecule has 6 nitrogen and oxygen atoms in total. The third kappa shape index (κ3) is 5.50. The Balaban J connectivity index is 1.33. The second-order valence-electron chi connectivity index (χ2n) is 7.77. The summed E-state index contributed by atoms with van der Waals surface area (Å²) in [7, 11) is 0. The number of amides is 1. The van der Waals surface area contributed by atoms with Crippen molar-refractivity contribution in [2.75, 3.05) is 25.0 Å². The van der Waals surface area contributed by atoms with Crippen molar-refractivity contribution in [2.24, 2.45) is 10.9 Å². The molecule has 30 heavy (non-hydrogen) atoms. The number of hydrogen-bond acceptors (Lipinski definition) is 7. The Morgan fingerprint density at radius 3 is 3.07 bits per heavy atom. The van der Waals surface area contributed by atoms with Crippen LogP contribution in [-0.4, -0.2) is 35.7 Å². The summed E-state index contributed by atoms with van der Waals surface area (Å²) in [5, 5.41) is 11.2. The van der Waals surface area contributed by atoms with Crippen LogP contribution in [0.1, 0.15) is 35.3 Å². The lowest BCUT2D eigenvalue weighted by Crippen LogP contribution is -2.19. The number of thioether (sulfide) groups is 1. The predicted molar refractivity (Wildman–Crippen MR) is 128 cm³/mol. The molecule has 4 rings (SSSR count). The van der Waals surface area contributed by atoms with E-state index in [2.05, 4.69) is 38.9 Å². The first-order valence-electron chi connectivity index (χ1n) is 10.3. The number of rotatable bonds is 7. The first-order valence-corrected chi connectivity index (χ1v) is 12.0. The second-order valence-corrected chi connectivity index (χ2v) is 9.86. The standard InChI is InChI=1S/C22H27N5OS2/c1-14-5-6-18(15(2)10-14)26-22-27-20(28)19(30-22)11-17-13-25-21(29-17)24-8-3-4-16-7-9-23-12-16/h5-6,10-11,13,16,23H,3-4,7-9,12H2,1-2H3,(H,24,25)(H,26,27,28)/b19-11-. The van der Waals surface area contributed by atoms with E-state index in [1.165, 1.54) is 30.2 Å². The Bertz CT molecular complexity index is 976. The van der Waals surface area contributed by atoms with Crippen molar-refractivity contribution < 1.29 is 4.79 Å². The molecule has 0 saturated carbocycles. The molecule has 2 aliphatic heterocycles. The maximum atomic E-state index is 12.3. The molecule has 158 valence electrons. The van der Waals surface area contributed by atoms with Gasteiger partial charge >= 0.3 is 0 Å². The van der Waals surface area contributed by atoms with Crippen LogP contribution in [-0.2, 0) is 4.79 Å². The Morgan fingerprint density at radius 2 is 2.27 bits per heavy atom. The Labute approximate surface area is 185 Å². The molecule has 1 aromatic carbocycles. The largest absolute Gasteiger partial charge is 0.362 e. The van der Waals surface area contributed by atoms with Crippen LogP contribution in [0, 0.1) is 19.8 Å². The maximum Gasteiger partial charge on any atom is 0.264 e. The number of hydrogen-bond donors (Lipinski definition) is 3. The molecule has 3 heterocycles. The zero-order valence-electron chi connectivity index (χ0n) is 17.3. The zero-order chi connectivity index (χ0) is 20.9. The fourth-order valence-corrected chi connectivity index (χ4v) is 5.32. The number of anilines is 1.